The molecule has 0 saturated carbocycles. The standard InChI is InChI=1S/C19H33NO7/c1-20(2,3)14-16(13-18(24)25)27-19(26)11-9-7-5-4-6-8-10-15(21)12-17(22)23/h12,16H,4-11,13-14H2,1-3H3,(H2-,21,22,23,24,25)/p+1/b15-12-. The lowest BCUT2D eigenvalue weighted by atomic mass is 10.1. The summed E-state index contributed by atoms with van der Waals surface area (Å²) in [5.74, 6) is -2.61. The van der Waals surface area contributed by atoms with E-state index in [1.54, 1.807) is 0 Å². The number of allylic oxidation sites excluding steroid dienone is 1. The molecule has 0 heterocycles. The van der Waals surface area contributed by atoms with E-state index in [9.17, 15) is 19.5 Å². The lowest BCUT2D eigenvalue weighted by Gasteiger charge is -2.28. The summed E-state index contributed by atoms with van der Waals surface area (Å²) in [4.78, 5) is 33.2. The van der Waals surface area contributed by atoms with Crippen molar-refractivity contribution in [3.63, 3.8) is 0 Å². The van der Waals surface area contributed by atoms with Crippen LogP contribution >= 0.6 is 0 Å². The van der Waals surface area contributed by atoms with Crippen molar-refractivity contribution in [1.82, 2.24) is 0 Å². The van der Waals surface area contributed by atoms with Crippen LogP contribution < -0.4 is 0 Å². The summed E-state index contributed by atoms with van der Waals surface area (Å²) < 4.78 is 5.84. The quantitative estimate of drug-likeness (QED) is 0.130. The summed E-state index contributed by atoms with van der Waals surface area (Å²) in [5, 5.41) is 26.7. The SMILES string of the molecule is C[N+](C)(C)CC(CC(=O)O)OC(=O)CCCCCCCC/C(O)=C/C(=O)O. The largest absolute Gasteiger partial charge is 0.512 e. The molecular weight excluding hydrogens is 354 g/mol. The van der Waals surface area contributed by atoms with Crippen molar-refractivity contribution in [3.05, 3.63) is 11.8 Å². The van der Waals surface area contributed by atoms with Crippen molar-refractivity contribution in [1.29, 1.82) is 0 Å². The number of likely N-dealkylation sites (N-methyl/N-ethyl adjacent to an activating group) is 1. The Hall–Kier alpha value is -2.09. The zero-order valence-corrected chi connectivity index (χ0v) is 16.6. The highest BCUT2D eigenvalue weighted by Crippen LogP contribution is 2.12. The molecule has 0 radical (unpaired) electrons. The number of unbranched alkanes of at least 4 members (excludes halogenated alkanes) is 5. The number of rotatable bonds is 15. The van der Waals surface area contributed by atoms with Crippen LogP contribution in [0.2, 0.25) is 0 Å². The Morgan fingerprint density at radius 3 is 1.89 bits per heavy atom. The first kappa shape index (κ1) is 24.9. The third-order valence-electron chi connectivity index (χ3n) is 3.81. The predicted molar refractivity (Wildman–Crippen MR) is 100 cm³/mol. The Labute approximate surface area is 161 Å². The molecular formula is C19H34NO7+. The van der Waals surface area contributed by atoms with Gasteiger partial charge in [-0.15, -0.1) is 0 Å². The molecule has 0 rings (SSSR count). The highest BCUT2D eigenvalue weighted by molar-refractivity contribution is 5.80. The van der Waals surface area contributed by atoms with E-state index in [-0.39, 0.29) is 24.6 Å². The summed E-state index contributed by atoms with van der Waals surface area (Å²) in [6.45, 7) is 0.446. The minimum absolute atomic E-state index is 0.116. The monoisotopic (exact) mass is 388 g/mol. The number of carbonyl (C=O) groups is 3. The van der Waals surface area contributed by atoms with Gasteiger partial charge in [0.25, 0.3) is 0 Å². The van der Waals surface area contributed by atoms with Crippen molar-refractivity contribution in [2.75, 3.05) is 27.7 Å². The number of quaternary nitrogens is 1. The van der Waals surface area contributed by atoms with Gasteiger partial charge in [0.15, 0.2) is 6.10 Å². The number of aliphatic hydroxyl groups excluding tert-OH is 1. The first-order chi connectivity index (χ1) is 12.5. The average Bonchev–Trinajstić information content (AvgIpc) is 2.46. The Morgan fingerprint density at radius 2 is 1.41 bits per heavy atom. The molecule has 0 aromatic heterocycles. The molecule has 0 saturated heterocycles. The maximum atomic E-state index is 11.9. The lowest BCUT2D eigenvalue weighted by Crippen LogP contribution is -2.43. The molecule has 0 aromatic carbocycles. The summed E-state index contributed by atoms with van der Waals surface area (Å²) in [6, 6.07) is 0. The van der Waals surface area contributed by atoms with Crippen LogP contribution in [-0.4, -0.2) is 71.5 Å². The topological polar surface area (TPSA) is 121 Å². The van der Waals surface area contributed by atoms with Crippen LogP contribution in [0.15, 0.2) is 11.8 Å². The number of nitrogens with zero attached hydrogens (tertiary/aromatic N) is 1. The number of carbonyl (C=O) groups excluding carboxylic acids is 1. The number of hydrogen-bond donors (Lipinski definition) is 3. The highest BCUT2D eigenvalue weighted by atomic mass is 16.5. The van der Waals surface area contributed by atoms with E-state index < -0.39 is 18.0 Å². The molecule has 1 atom stereocenters. The Balaban J connectivity index is 3.89. The molecule has 0 amide bonds. The summed E-state index contributed by atoms with van der Waals surface area (Å²) in [5.41, 5.74) is 0. The van der Waals surface area contributed by atoms with Crippen LogP contribution in [-0.2, 0) is 19.1 Å². The van der Waals surface area contributed by atoms with Crippen molar-refractivity contribution in [3.8, 4) is 0 Å². The zero-order chi connectivity index (χ0) is 20.9. The lowest BCUT2D eigenvalue weighted by molar-refractivity contribution is -0.873. The first-order valence-corrected chi connectivity index (χ1v) is 9.34. The van der Waals surface area contributed by atoms with Crippen LogP contribution in [0.4, 0.5) is 0 Å². The molecule has 8 heteroatoms. The van der Waals surface area contributed by atoms with Gasteiger partial charge in [0.2, 0.25) is 0 Å². The first-order valence-electron chi connectivity index (χ1n) is 9.34. The van der Waals surface area contributed by atoms with Crippen LogP contribution in [0.5, 0.6) is 0 Å². The van der Waals surface area contributed by atoms with Gasteiger partial charge in [-0.25, -0.2) is 4.79 Å². The van der Waals surface area contributed by atoms with Gasteiger partial charge >= 0.3 is 17.9 Å². The van der Waals surface area contributed by atoms with E-state index in [4.69, 9.17) is 14.9 Å². The number of esters is 1. The summed E-state index contributed by atoms with van der Waals surface area (Å²) >= 11 is 0. The van der Waals surface area contributed by atoms with Gasteiger partial charge in [0, 0.05) is 12.8 Å². The minimum atomic E-state index is -1.15. The number of aliphatic carboxylic acids is 2. The second-order valence-corrected chi connectivity index (χ2v) is 7.78. The molecule has 27 heavy (non-hydrogen) atoms. The van der Waals surface area contributed by atoms with Crippen LogP contribution in [0.1, 0.15) is 57.8 Å². The molecule has 0 spiro atoms. The van der Waals surface area contributed by atoms with Crippen molar-refractivity contribution < 1.29 is 38.9 Å². The Kier molecular flexibility index (Phi) is 12.1. The summed E-state index contributed by atoms with van der Waals surface area (Å²) in [7, 11) is 5.75. The molecule has 0 aliphatic carbocycles. The Morgan fingerprint density at radius 1 is 0.889 bits per heavy atom. The van der Waals surface area contributed by atoms with Gasteiger partial charge in [-0.1, -0.05) is 25.7 Å². The molecule has 0 aromatic rings. The number of aliphatic hydroxyl groups is 1. The van der Waals surface area contributed by atoms with E-state index in [2.05, 4.69) is 0 Å². The van der Waals surface area contributed by atoms with Gasteiger partial charge in [-0.2, -0.15) is 0 Å². The molecule has 0 bridgehead atoms. The fraction of sp³-hybridized carbons (Fsp3) is 0.737. The van der Waals surface area contributed by atoms with Crippen LogP contribution in [0.3, 0.4) is 0 Å². The van der Waals surface area contributed by atoms with Crippen molar-refractivity contribution >= 4 is 17.9 Å². The van der Waals surface area contributed by atoms with Crippen LogP contribution in [0.25, 0.3) is 0 Å². The highest BCUT2D eigenvalue weighted by Gasteiger charge is 2.24. The van der Waals surface area contributed by atoms with E-state index >= 15 is 0 Å². The van der Waals surface area contributed by atoms with Crippen molar-refractivity contribution in [2.24, 2.45) is 0 Å². The smallest absolute Gasteiger partial charge is 0.331 e. The molecule has 8 nitrogen and oxygen atoms in total. The number of carboxylic acid groups (broad SMARTS) is 2. The van der Waals surface area contributed by atoms with E-state index in [0.29, 0.717) is 23.9 Å². The van der Waals surface area contributed by atoms with Gasteiger partial charge in [-0.05, 0) is 12.8 Å². The predicted octanol–water partition coefficient (Wildman–Crippen LogP) is 2.73. The molecule has 0 aliphatic heterocycles. The van der Waals surface area contributed by atoms with Gasteiger partial charge < -0.3 is 24.5 Å². The minimum Gasteiger partial charge on any atom is -0.512 e. The molecule has 1 unspecified atom stereocenters. The Bertz CT molecular complexity index is 509. The molecule has 3 N–H and O–H groups in total. The third-order valence-corrected chi connectivity index (χ3v) is 3.81. The van der Waals surface area contributed by atoms with Crippen LogP contribution in [0, 0.1) is 0 Å². The fourth-order valence-corrected chi connectivity index (χ4v) is 2.69. The average molecular weight is 388 g/mol. The molecule has 0 fully saturated rings. The number of carboxylic acids is 2. The van der Waals surface area contributed by atoms with Gasteiger partial charge in [-0.3, -0.25) is 9.59 Å². The van der Waals surface area contributed by atoms with Gasteiger partial charge in [0.1, 0.15) is 6.54 Å². The van der Waals surface area contributed by atoms with E-state index in [0.717, 1.165) is 38.2 Å². The molecule has 0 aliphatic rings. The second kappa shape index (κ2) is 13.1. The zero-order valence-electron chi connectivity index (χ0n) is 16.6. The number of ether oxygens (including phenoxy) is 1. The molecule has 156 valence electrons. The maximum absolute atomic E-state index is 11.9. The normalized spacial score (nSPS) is 13.2. The second-order valence-electron chi connectivity index (χ2n) is 7.78. The third kappa shape index (κ3) is 17.1. The summed E-state index contributed by atoms with van der Waals surface area (Å²) in [6.07, 6.45) is 5.66. The number of hydrogen-bond acceptors (Lipinski definition) is 5. The van der Waals surface area contributed by atoms with E-state index in [1.807, 2.05) is 21.1 Å². The fourth-order valence-electron chi connectivity index (χ4n) is 2.69. The van der Waals surface area contributed by atoms with E-state index in [1.165, 1.54) is 0 Å². The van der Waals surface area contributed by atoms with Crippen molar-refractivity contribution in [2.45, 2.75) is 63.9 Å². The van der Waals surface area contributed by atoms with Gasteiger partial charge in [0.05, 0.1) is 39.4 Å². The maximum Gasteiger partial charge on any atom is 0.331 e.